The Morgan fingerprint density at radius 1 is 1.23 bits per heavy atom. The Kier molecular flexibility index (Phi) is 4.26. The van der Waals surface area contributed by atoms with E-state index in [-0.39, 0.29) is 11.9 Å². The fraction of sp³-hybridized carbons (Fsp3) is 0.200. The number of nitrogens with zero attached hydrogens (tertiary/aromatic N) is 3. The van der Waals surface area contributed by atoms with Gasteiger partial charge in [0, 0.05) is 31.3 Å². The molecule has 3 aromatic rings. The van der Waals surface area contributed by atoms with E-state index in [1.807, 2.05) is 60.5 Å². The van der Waals surface area contributed by atoms with Crippen molar-refractivity contribution in [1.82, 2.24) is 14.7 Å². The molecule has 0 unspecified atom stereocenters. The third kappa shape index (κ3) is 2.69. The normalized spacial score (nSPS) is 14.6. The summed E-state index contributed by atoms with van der Waals surface area (Å²) in [6, 6.07) is 15.6. The minimum absolute atomic E-state index is 0.0157. The van der Waals surface area contributed by atoms with E-state index in [1.54, 1.807) is 10.9 Å². The molecule has 1 amide bonds. The predicted molar refractivity (Wildman–Crippen MR) is 102 cm³/mol. The lowest BCUT2D eigenvalue weighted by atomic mass is 10.0. The fourth-order valence-corrected chi connectivity index (χ4v) is 3.87. The number of amides is 1. The summed E-state index contributed by atoms with van der Waals surface area (Å²) >= 11 is 6.26. The minimum Gasteiger partial charge on any atom is -0.328 e. The molecule has 6 heteroatoms. The first-order valence-corrected chi connectivity index (χ1v) is 8.84. The van der Waals surface area contributed by atoms with E-state index in [2.05, 4.69) is 5.10 Å². The van der Waals surface area contributed by atoms with Crippen LogP contribution in [0.15, 0.2) is 54.7 Å². The fourth-order valence-electron chi connectivity index (χ4n) is 3.60. The van der Waals surface area contributed by atoms with E-state index in [1.165, 1.54) is 0 Å². The van der Waals surface area contributed by atoms with Crippen molar-refractivity contribution < 1.29 is 4.79 Å². The van der Waals surface area contributed by atoms with Gasteiger partial charge < -0.3 is 10.6 Å². The summed E-state index contributed by atoms with van der Waals surface area (Å²) in [7, 11) is 1.85. The van der Waals surface area contributed by atoms with E-state index in [4.69, 9.17) is 17.3 Å². The van der Waals surface area contributed by atoms with Crippen molar-refractivity contribution in [2.75, 3.05) is 6.54 Å². The van der Waals surface area contributed by atoms with Crippen LogP contribution in [0.25, 0.3) is 11.3 Å². The van der Waals surface area contributed by atoms with E-state index >= 15 is 0 Å². The quantitative estimate of drug-likeness (QED) is 0.769. The number of hydrogen-bond donors (Lipinski definition) is 1. The monoisotopic (exact) mass is 366 g/mol. The number of nitrogens with two attached hydrogens (primary N) is 1. The molecule has 0 fully saturated rings. The highest BCUT2D eigenvalue weighted by Crippen LogP contribution is 2.35. The molecule has 0 bridgehead atoms. The third-order valence-corrected chi connectivity index (χ3v) is 5.17. The van der Waals surface area contributed by atoms with Crippen LogP contribution < -0.4 is 5.73 Å². The Bertz CT molecular complexity index is 948. The topological polar surface area (TPSA) is 64.2 Å². The maximum Gasteiger partial charge on any atom is 0.255 e. The molecule has 5 nitrogen and oxygen atoms in total. The minimum atomic E-state index is -0.139. The van der Waals surface area contributed by atoms with Crippen molar-refractivity contribution in [2.24, 2.45) is 12.8 Å². The van der Waals surface area contributed by atoms with Gasteiger partial charge in [0.15, 0.2) is 0 Å². The highest BCUT2D eigenvalue weighted by Gasteiger charge is 2.33. The molecule has 0 radical (unpaired) electrons. The lowest BCUT2D eigenvalue weighted by Crippen LogP contribution is -2.34. The highest BCUT2D eigenvalue weighted by atomic mass is 35.5. The van der Waals surface area contributed by atoms with Crippen LogP contribution in [0, 0.1) is 0 Å². The van der Waals surface area contributed by atoms with Crippen molar-refractivity contribution in [3.63, 3.8) is 0 Å². The third-order valence-electron chi connectivity index (χ3n) is 4.89. The molecule has 1 atom stereocenters. The molecular formula is C20H19ClN4O. The zero-order valence-electron chi connectivity index (χ0n) is 14.4. The number of hydrogen-bond acceptors (Lipinski definition) is 3. The Balaban J connectivity index is 1.69. The van der Waals surface area contributed by atoms with Gasteiger partial charge in [0.05, 0.1) is 23.0 Å². The van der Waals surface area contributed by atoms with Gasteiger partial charge in [-0.1, -0.05) is 48.0 Å². The second-order valence-corrected chi connectivity index (χ2v) is 6.84. The SMILES string of the molecule is Cn1ncc(Cl)c1-c1ccc2c(c1)CN([C@H](CN)c1ccccc1)C2=O. The summed E-state index contributed by atoms with van der Waals surface area (Å²) in [5.41, 5.74) is 10.6. The average molecular weight is 367 g/mol. The molecule has 2 heterocycles. The van der Waals surface area contributed by atoms with Crippen molar-refractivity contribution in [3.05, 3.63) is 76.4 Å². The van der Waals surface area contributed by atoms with Crippen LogP contribution in [0.1, 0.15) is 27.5 Å². The molecule has 26 heavy (non-hydrogen) atoms. The first kappa shape index (κ1) is 16.8. The standard InChI is InChI=1S/C20H19ClN4O/c1-24-19(17(21)11-23-24)14-7-8-16-15(9-14)12-25(20(16)26)18(10-22)13-5-3-2-4-6-13/h2-9,11,18H,10,12,22H2,1H3/t18-/m1/s1. The van der Waals surface area contributed by atoms with E-state index < -0.39 is 0 Å². The van der Waals surface area contributed by atoms with Crippen molar-refractivity contribution >= 4 is 17.5 Å². The second-order valence-electron chi connectivity index (χ2n) is 6.43. The summed E-state index contributed by atoms with van der Waals surface area (Å²) < 4.78 is 1.74. The number of aromatic nitrogens is 2. The lowest BCUT2D eigenvalue weighted by molar-refractivity contribution is 0.0707. The summed E-state index contributed by atoms with van der Waals surface area (Å²) in [6.45, 7) is 0.915. The molecule has 0 aliphatic carbocycles. The summed E-state index contributed by atoms with van der Waals surface area (Å²) in [4.78, 5) is 14.8. The van der Waals surface area contributed by atoms with Crippen LogP contribution in [-0.4, -0.2) is 27.1 Å². The number of fused-ring (bicyclic) bond motifs is 1. The van der Waals surface area contributed by atoms with Gasteiger partial charge in [-0.3, -0.25) is 9.48 Å². The molecule has 2 N–H and O–H groups in total. The number of aryl methyl sites for hydroxylation is 1. The Morgan fingerprint density at radius 3 is 2.65 bits per heavy atom. The van der Waals surface area contributed by atoms with Gasteiger partial charge in [-0.15, -0.1) is 0 Å². The molecule has 4 rings (SSSR count). The van der Waals surface area contributed by atoms with Crippen LogP contribution in [0.4, 0.5) is 0 Å². The van der Waals surface area contributed by atoms with E-state index in [0.717, 1.165) is 27.9 Å². The predicted octanol–water partition coefficient (Wildman–Crippen LogP) is 3.40. The molecule has 0 spiro atoms. The number of carbonyl (C=O) groups excluding carboxylic acids is 1. The molecule has 0 saturated carbocycles. The molecule has 1 aromatic heterocycles. The number of halogens is 1. The molecule has 1 aliphatic rings. The van der Waals surface area contributed by atoms with Gasteiger partial charge in [-0.25, -0.2) is 0 Å². The van der Waals surface area contributed by atoms with E-state index in [0.29, 0.717) is 18.1 Å². The van der Waals surface area contributed by atoms with Gasteiger partial charge in [0.1, 0.15) is 0 Å². The molecule has 132 valence electrons. The number of carbonyl (C=O) groups is 1. The van der Waals surface area contributed by atoms with Crippen molar-refractivity contribution in [1.29, 1.82) is 0 Å². The first-order valence-electron chi connectivity index (χ1n) is 8.47. The van der Waals surface area contributed by atoms with Gasteiger partial charge in [-0.05, 0) is 23.3 Å². The highest BCUT2D eigenvalue weighted by molar-refractivity contribution is 6.33. The zero-order valence-corrected chi connectivity index (χ0v) is 15.1. The lowest BCUT2D eigenvalue weighted by Gasteiger charge is -2.27. The van der Waals surface area contributed by atoms with Crippen molar-refractivity contribution in [3.8, 4) is 11.3 Å². The van der Waals surface area contributed by atoms with Gasteiger partial charge in [0.2, 0.25) is 0 Å². The molecule has 1 aliphatic heterocycles. The van der Waals surface area contributed by atoms with Crippen molar-refractivity contribution in [2.45, 2.75) is 12.6 Å². The summed E-state index contributed by atoms with van der Waals surface area (Å²) in [5, 5.41) is 4.78. The van der Waals surface area contributed by atoms with Gasteiger partial charge in [-0.2, -0.15) is 5.10 Å². The van der Waals surface area contributed by atoms with Gasteiger partial charge in [0.25, 0.3) is 5.91 Å². The summed E-state index contributed by atoms with van der Waals surface area (Å²) in [6.07, 6.45) is 1.63. The van der Waals surface area contributed by atoms with Gasteiger partial charge >= 0.3 is 0 Å². The molecular weight excluding hydrogens is 348 g/mol. The number of rotatable bonds is 4. The smallest absolute Gasteiger partial charge is 0.255 e. The average Bonchev–Trinajstić information content (AvgIpc) is 3.16. The Morgan fingerprint density at radius 2 is 2.00 bits per heavy atom. The molecule has 0 saturated heterocycles. The second kappa shape index (κ2) is 6.59. The first-order chi connectivity index (χ1) is 12.6. The van der Waals surface area contributed by atoms with E-state index in [9.17, 15) is 4.79 Å². The Labute approximate surface area is 157 Å². The Hall–Kier alpha value is -2.63. The summed E-state index contributed by atoms with van der Waals surface area (Å²) in [5.74, 6) is 0.0157. The molecule has 2 aromatic carbocycles. The van der Waals surface area contributed by atoms with Crippen LogP contribution >= 0.6 is 11.6 Å². The van der Waals surface area contributed by atoms with Crippen LogP contribution in [0.5, 0.6) is 0 Å². The maximum absolute atomic E-state index is 12.9. The zero-order chi connectivity index (χ0) is 18.3. The maximum atomic E-state index is 12.9. The largest absolute Gasteiger partial charge is 0.328 e. The number of benzene rings is 2. The van der Waals surface area contributed by atoms with Crippen LogP contribution in [0.2, 0.25) is 5.02 Å². The van der Waals surface area contributed by atoms with Crippen LogP contribution in [-0.2, 0) is 13.6 Å². The van der Waals surface area contributed by atoms with Crippen LogP contribution in [0.3, 0.4) is 0 Å².